The number of likely N-dealkylation sites (tertiary alicyclic amines) is 1. The minimum Gasteiger partial charge on any atom is -0.494 e. The summed E-state index contributed by atoms with van der Waals surface area (Å²) in [6.45, 7) is 12.2. The molecular weight excluding hydrogens is 807 g/mol. The number of carbonyl (C=O) groups is 3. The molecular formula is C47H65N7O9. The van der Waals surface area contributed by atoms with Gasteiger partial charge >= 0.3 is 12.1 Å². The highest BCUT2D eigenvalue weighted by molar-refractivity contribution is 5.95. The second kappa shape index (κ2) is 24.9. The van der Waals surface area contributed by atoms with Crippen LogP contribution in [0.15, 0.2) is 73.1 Å². The maximum Gasteiger partial charge on any atom is 0.410 e. The van der Waals surface area contributed by atoms with Crippen molar-refractivity contribution in [3.05, 3.63) is 90.0 Å². The number of nitrogens with one attached hydrogen (secondary N) is 3. The number of aromatic amines is 1. The van der Waals surface area contributed by atoms with E-state index in [2.05, 4.69) is 35.5 Å². The lowest BCUT2D eigenvalue weighted by atomic mass is 9.86. The predicted octanol–water partition coefficient (Wildman–Crippen LogP) is 7.64. The van der Waals surface area contributed by atoms with Crippen molar-refractivity contribution in [2.45, 2.75) is 96.2 Å². The van der Waals surface area contributed by atoms with E-state index >= 15 is 0 Å². The van der Waals surface area contributed by atoms with Crippen LogP contribution in [0.1, 0.15) is 107 Å². The molecule has 16 nitrogen and oxygen atoms in total. The van der Waals surface area contributed by atoms with Crippen molar-refractivity contribution in [1.29, 1.82) is 0 Å². The number of nitrogens with zero attached hydrogens (tertiary/aromatic N) is 4. The van der Waals surface area contributed by atoms with Gasteiger partial charge in [0.2, 0.25) is 0 Å². The Morgan fingerprint density at radius 2 is 1.48 bits per heavy atom. The molecule has 1 aliphatic heterocycles. The zero-order valence-electron chi connectivity index (χ0n) is 37.5. The minimum atomic E-state index is -0.711. The van der Waals surface area contributed by atoms with Crippen LogP contribution in [0.2, 0.25) is 0 Å². The largest absolute Gasteiger partial charge is 0.494 e. The first-order chi connectivity index (χ1) is 30.4. The number of hydrogen-bond acceptors (Lipinski definition) is 13. The molecule has 3 N–H and O–H groups in total. The Kier molecular flexibility index (Phi) is 19.2. The molecule has 1 aliphatic rings. The maximum atomic E-state index is 13.7. The predicted molar refractivity (Wildman–Crippen MR) is 238 cm³/mol. The molecule has 4 aromatic rings. The first kappa shape index (κ1) is 48.5. The van der Waals surface area contributed by atoms with Gasteiger partial charge in [-0.25, -0.2) is 4.79 Å². The van der Waals surface area contributed by atoms with Gasteiger partial charge in [0.05, 0.1) is 46.2 Å². The number of aromatic nitrogens is 4. The van der Waals surface area contributed by atoms with Crippen LogP contribution in [0.5, 0.6) is 5.75 Å². The van der Waals surface area contributed by atoms with Gasteiger partial charge in [-0.2, -0.15) is 0 Å². The number of pyridine rings is 1. The first-order valence-corrected chi connectivity index (χ1v) is 22.0. The molecule has 1 fully saturated rings. The van der Waals surface area contributed by atoms with Crippen molar-refractivity contribution in [1.82, 2.24) is 30.4 Å². The Morgan fingerprint density at radius 3 is 2.17 bits per heavy atom. The summed E-state index contributed by atoms with van der Waals surface area (Å²) >= 11 is 0. The quantitative estimate of drug-likeness (QED) is 0.0436. The molecule has 1 atom stereocenters. The number of carbonyl (C=O) groups excluding carboxylic acids is 3. The SMILES string of the molecule is COC(=O)CCCOCCOCCOCCCCCCOc1cccc([C@@H](C)NC(=O)c2cccc(NC3(c4nnc(-c5ccncc5)[nH]4)CCN(C(=O)OC(C)(C)C)CC3)c2)c1. The number of ether oxygens (including phenoxy) is 6. The monoisotopic (exact) mass is 871 g/mol. The molecule has 1 saturated heterocycles. The van der Waals surface area contributed by atoms with Crippen molar-refractivity contribution in [2.24, 2.45) is 0 Å². The lowest BCUT2D eigenvalue weighted by molar-refractivity contribution is -0.141. The molecule has 0 spiro atoms. The molecule has 2 aromatic heterocycles. The Labute approximate surface area is 371 Å². The van der Waals surface area contributed by atoms with Gasteiger partial charge in [-0.1, -0.05) is 24.6 Å². The topological polar surface area (TPSA) is 188 Å². The summed E-state index contributed by atoms with van der Waals surface area (Å²) in [7, 11) is 1.38. The van der Waals surface area contributed by atoms with Crippen molar-refractivity contribution < 1.29 is 42.8 Å². The number of methoxy groups -OCH3 is 1. The van der Waals surface area contributed by atoms with Crippen LogP contribution in [-0.2, 0) is 34.0 Å². The lowest BCUT2D eigenvalue weighted by Crippen LogP contribution is -2.50. The Bertz CT molecular complexity index is 2000. The van der Waals surface area contributed by atoms with Gasteiger partial charge in [0.25, 0.3) is 5.91 Å². The van der Waals surface area contributed by atoms with E-state index in [9.17, 15) is 14.4 Å². The highest BCUT2D eigenvalue weighted by atomic mass is 16.6. The van der Waals surface area contributed by atoms with Gasteiger partial charge in [-0.15, -0.1) is 10.2 Å². The van der Waals surface area contributed by atoms with Crippen molar-refractivity contribution in [3.63, 3.8) is 0 Å². The average molecular weight is 872 g/mol. The molecule has 2 amide bonds. The van der Waals surface area contributed by atoms with Crippen LogP contribution in [0, 0.1) is 0 Å². The van der Waals surface area contributed by atoms with E-state index in [4.69, 9.17) is 23.7 Å². The number of esters is 1. The van der Waals surface area contributed by atoms with Crippen molar-refractivity contribution in [3.8, 4) is 17.1 Å². The van der Waals surface area contributed by atoms with Crippen molar-refractivity contribution in [2.75, 3.05) is 71.8 Å². The fourth-order valence-electron chi connectivity index (χ4n) is 7.00. The minimum absolute atomic E-state index is 0.211. The third-order valence-electron chi connectivity index (χ3n) is 10.5. The molecule has 0 radical (unpaired) electrons. The van der Waals surface area contributed by atoms with Gasteiger partial charge in [-0.3, -0.25) is 14.6 Å². The third kappa shape index (κ3) is 16.2. The summed E-state index contributed by atoms with van der Waals surface area (Å²) < 4.78 is 33.0. The van der Waals surface area contributed by atoms with Crippen LogP contribution in [0.3, 0.4) is 0 Å². The summed E-state index contributed by atoms with van der Waals surface area (Å²) in [5, 5.41) is 15.9. The molecule has 0 aliphatic carbocycles. The number of rotatable bonds is 25. The summed E-state index contributed by atoms with van der Waals surface area (Å²) in [6.07, 6.45) is 9.08. The number of amides is 2. The van der Waals surface area contributed by atoms with Crippen LogP contribution >= 0.6 is 0 Å². The molecule has 0 saturated carbocycles. The molecule has 342 valence electrons. The first-order valence-electron chi connectivity index (χ1n) is 22.0. The summed E-state index contributed by atoms with van der Waals surface area (Å²) in [6, 6.07) is 18.7. The van der Waals surface area contributed by atoms with Crippen molar-refractivity contribution >= 4 is 23.7 Å². The maximum absolute atomic E-state index is 13.7. The molecule has 3 heterocycles. The van der Waals surface area contributed by atoms with Gasteiger partial charge in [-0.05, 0) is 114 Å². The summed E-state index contributed by atoms with van der Waals surface area (Å²) in [5.41, 5.74) is 1.71. The van der Waals surface area contributed by atoms with E-state index in [1.807, 2.05) is 82.3 Å². The number of anilines is 1. The van der Waals surface area contributed by atoms with Crippen LogP contribution < -0.4 is 15.4 Å². The molecule has 5 rings (SSSR count). The zero-order chi connectivity index (χ0) is 44.9. The molecule has 16 heteroatoms. The number of benzene rings is 2. The van der Waals surface area contributed by atoms with Gasteiger partial charge < -0.3 is 48.9 Å². The highest BCUT2D eigenvalue weighted by Crippen LogP contribution is 2.36. The molecule has 63 heavy (non-hydrogen) atoms. The smallest absolute Gasteiger partial charge is 0.410 e. The Morgan fingerprint density at radius 1 is 0.810 bits per heavy atom. The molecule has 0 bridgehead atoms. The lowest BCUT2D eigenvalue weighted by Gasteiger charge is -2.41. The van der Waals surface area contributed by atoms with E-state index in [0.29, 0.717) is 102 Å². The summed E-state index contributed by atoms with van der Waals surface area (Å²) in [5.74, 6) is 1.58. The summed E-state index contributed by atoms with van der Waals surface area (Å²) in [4.78, 5) is 47.0. The van der Waals surface area contributed by atoms with E-state index in [1.54, 1.807) is 23.4 Å². The van der Waals surface area contributed by atoms with Crippen LogP contribution in [0.4, 0.5) is 10.5 Å². The zero-order valence-corrected chi connectivity index (χ0v) is 37.5. The van der Waals surface area contributed by atoms with E-state index in [-0.39, 0.29) is 24.0 Å². The number of piperidine rings is 1. The standard InChI is InChI=1S/C47H65N7O9/c1-35(37-13-11-16-40(34-37)62-28-9-7-6-8-26-59-29-31-61-32-30-60-27-12-17-41(55)58-5)49-43(56)38-14-10-15-39(33-38)51-47(20-24-54(25-21-47)45(57)63-46(2,3)4)44-50-42(52-53-44)36-18-22-48-23-19-36/h10-11,13-16,18-19,22-23,33-35,51H,6-9,12,17,20-21,24-32H2,1-5H3,(H,49,56)(H,50,52,53)/t35-/m1/s1. The average Bonchev–Trinajstić information content (AvgIpc) is 3.79. The second-order valence-corrected chi connectivity index (χ2v) is 16.6. The normalized spacial score (nSPS) is 14.1. The Balaban J connectivity index is 1.05. The Hall–Kier alpha value is -5.58. The third-order valence-corrected chi connectivity index (χ3v) is 10.5. The number of H-pyrrole nitrogens is 1. The number of unbranched alkanes of at least 4 members (excludes halogenated alkanes) is 3. The van der Waals surface area contributed by atoms with E-state index in [0.717, 1.165) is 48.2 Å². The molecule has 2 aromatic carbocycles. The number of hydrogen-bond donors (Lipinski definition) is 3. The van der Waals surface area contributed by atoms with Gasteiger partial charge in [0.15, 0.2) is 11.6 Å². The fourth-order valence-corrected chi connectivity index (χ4v) is 7.00. The van der Waals surface area contributed by atoms with Gasteiger partial charge in [0.1, 0.15) is 16.9 Å². The van der Waals surface area contributed by atoms with E-state index < -0.39 is 11.1 Å². The van der Waals surface area contributed by atoms with Crippen LogP contribution in [-0.4, -0.2) is 115 Å². The van der Waals surface area contributed by atoms with Crippen LogP contribution in [0.25, 0.3) is 11.4 Å². The second-order valence-electron chi connectivity index (χ2n) is 16.6. The van der Waals surface area contributed by atoms with Gasteiger partial charge in [0, 0.05) is 61.9 Å². The van der Waals surface area contributed by atoms with E-state index in [1.165, 1.54) is 7.11 Å². The fraction of sp³-hybridized carbons (Fsp3) is 0.532. The highest BCUT2D eigenvalue weighted by Gasteiger charge is 2.41. The molecule has 0 unspecified atom stereocenters.